The molecule has 0 aliphatic heterocycles. The standard InChI is InChI=1S/C14H19F3O2/c1-3-4-10(2)9-13(18)11-5-7-12(8-6-11)19-14(15,16)17/h5-8,10,13,18H,3-4,9H2,1-2H3. The lowest BCUT2D eigenvalue weighted by Crippen LogP contribution is -2.17. The van der Waals surface area contributed by atoms with Crippen LogP contribution in [0.15, 0.2) is 24.3 Å². The lowest BCUT2D eigenvalue weighted by atomic mass is 9.95. The third-order valence-electron chi connectivity index (χ3n) is 2.91. The van der Waals surface area contributed by atoms with Crippen LogP contribution in [-0.2, 0) is 0 Å². The van der Waals surface area contributed by atoms with E-state index < -0.39 is 12.5 Å². The van der Waals surface area contributed by atoms with Gasteiger partial charge in [-0.3, -0.25) is 0 Å². The van der Waals surface area contributed by atoms with E-state index in [0.717, 1.165) is 12.8 Å². The first-order valence-corrected chi connectivity index (χ1v) is 6.35. The zero-order valence-electron chi connectivity index (χ0n) is 11.1. The van der Waals surface area contributed by atoms with E-state index in [-0.39, 0.29) is 5.75 Å². The first-order chi connectivity index (χ1) is 8.81. The van der Waals surface area contributed by atoms with Crippen LogP contribution in [0.2, 0.25) is 0 Å². The molecule has 0 aliphatic carbocycles. The van der Waals surface area contributed by atoms with Crippen LogP contribution in [0.25, 0.3) is 0 Å². The number of alkyl halides is 3. The molecule has 5 heteroatoms. The van der Waals surface area contributed by atoms with Crippen LogP contribution in [0.3, 0.4) is 0 Å². The van der Waals surface area contributed by atoms with Gasteiger partial charge >= 0.3 is 6.36 Å². The van der Waals surface area contributed by atoms with Gasteiger partial charge in [0.1, 0.15) is 5.75 Å². The molecule has 0 aliphatic rings. The summed E-state index contributed by atoms with van der Waals surface area (Å²) in [4.78, 5) is 0. The van der Waals surface area contributed by atoms with Crippen LogP contribution in [0.4, 0.5) is 13.2 Å². The van der Waals surface area contributed by atoms with E-state index in [1.54, 1.807) is 0 Å². The third kappa shape index (κ3) is 5.96. The van der Waals surface area contributed by atoms with Crippen LogP contribution in [0.5, 0.6) is 5.75 Å². The molecule has 0 fully saturated rings. The maximum atomic E-state index is 12.0. The van der Waals surface area contributed by atoms with Gasteiger partial charge in [-0.05, 0) is 30.0 Å². The Morgan fingerprint density at radius 2 is 1.79 bits per heavy atom. The molecule has 0 bridgehead atoms. The van der Waals surface area contributed by atoms with Crippen LogP contribution in [0.1, 0.15) is 44.8 Å². The van der Waals surface area contributed by atoms with Gasteiger partial charge in [-0.15, -0.1) is 13.2 Å². The molecular formula is C14H19F3O2. The van der Waals surface area contributed by atoms with Crippen molar-refractivity contribution in [3.05, 3.63) is 29.8 Å². The highest BCUT2D eigenvalue weighted by molar-refractivity contribution is 5.28. The maximum Gasteiger partial charge on any atom is 0.573 e. The molecule has 19 heavy (non-hydrogen) atoms. The summed E-state index contributed by atoms with van der Waals surface area (Å²) in [5.41, 5.74) is 0.609. The predicted molar refractivity (Wildman–Crippen MR) is 66.8 cm³/mol. The molecule has 1 aromatic carbocycles. The fourth-order valence-corrected chi connectivity index (χ4v) is 2.02. The van der Waals surface area contributed by atoms with Crippen molar-refractivity contribution in [3.63, 3.8) is 0 Å². The van der Waals surface area contributed by atoms with Crippen LogP contribution < -0.4 is 4.74 Å². The number of hydrogen-bond acceptors (Lipinski definition) is 2. The van der Waals surface area contributed by atoms with Gasteiger partial charge in [0.25, 0.3) is 0 Å². The summed E-state index contributed by atoms with van der Waals surface area (Å²) in [6.45, 7) is 4.13. The van der Waals surface area contributed by atoms with E-state index in [9.17, 15) is 18.3 Å². The van der Waals surface area contributed by atoms with Gasteiger partial charge in [0.05, 0.1) is 6.10 Å². The summed E-state index contributed by atoms with van der Waals surface area (Å²) < 4.78 is 39.7. The molecule has 0 saturated carbocycles. The molecule has 0 heterocycles. The number of ether oxygens (including phenoxy) is 1. The predicted octanol–water partition coefficient (Wildman–Crippen LogP) is 4.44. The highest BCUT2D eigenvalue weighted by atomic mass is 19.4. The molecule has 0 radical (unpaired) electrons. The van der Waals surface area contributed by atoms with E-state index in [0.29, 0.717) is 17.9 Å². The molecule has 1 N–H and O–H groups in total. The Hall–Kier alpha value is -1.23. The Balaban J connectivity index is 2.60. The molecule has 2 unspecified atom stereocenters. The topological polar surface area (TPSA) is 29.5 Å². The maximum absolute atomic E-state index is 12.0. The van der Waals surface area contributed by atoms with Gasteiger partial charge in [-0.25, -0.2) is 0 Å². The lowest BCUT2D eigenvalue weighted by Gasteiger charge is -2.16. The normalized spacial score (nSPS) is 15.1. The molecule has 2 atom stereocenters. The fraction of sp³-hybridized carbons (Fsp3) is 0.571. The van der Waals surface area contributed by atoms with Gasteiger partial charge in [0.15, 0.2) is 0 Å². The first-order valence-electron chi connectivity index (χ1n) is 6.35. The zero-order valence-corrected chi connectivity index (χ0v) is 11.1. The van der Waals surface area contributed by atoms with Gasteiger partial charge in [0.2, 0.25) is 0 Å². The van der Waals surface area contributed by atoms with Crippen molar-refractivity contribution < 1.29 is 23.0 Å². The minimum Gasteiger partial charge on any atom is -0.406 e. The van der Waals surface area contributed by atoms with Crippen LogP contribution in [0, 0.1) is 5.92 Å². The largest absolute Gasteiger partial charge is 0.573 e. The molecule has 0 aromatic heterocycles. The fourth-order valence-electron chi connectivity index (χ4n) is 2.02. The second-order valence-corrected chi connectivity index (χ2v) is 4.76. The summed E-state index contributed by atoms with van der Waals surface area (Å²) in [7, 11) is 0. The van der Waals surface area contributed by atoms with Crippen molar-refractivity contribution in [1.29, 1.82) is 0 Å². The SMILES string of the molecule is CCCC(C)CC(O)c1ccc(OC(F)(F)F)cc1. The van der Waals surface area contributed by atoms with E-state index >= 15 is 0 Å². The van der Waals surface area contributed by atoms with E-state index in [1.807, 2.05) is 6.92 Å². The monoisotopic (exact) mass is 276 g/mol. The highest BCUT2D eigenvalue weighted by Crippen LogP contribution is 2.27. The Labute approximate surface area is 111 Å². The molecule has 1 rings (SSSR count). The smallest absolute Gasteiger partial charge is 0.406 e. The summed E-state index contributed by atoms with van der Waals surface area (Å²) in [5, 5.41) is 9.98. The number of halogens is 3. The van der Waals surface area contributed by atoms with E-state index in [4.69, 9.17) is 0 Å². The average molecular weight is 276 g/mol. The van der Waals surface area contributed by atoms with Gasteiger partial charge in [-0.2, -0.15) is 0 Å². The quantitative estimate of drug-likeness (QED) is 0.832. The number of rotatable bonds is 6. The van der Waals surface area contributed by atoms with Crippen molar-refractivity contribution >= 4 is 0 Å². The molecule has 1 aromatic rings. The Kier molecular flexibility index (Phi) is 5.66. The van der Waals surface area contributed by atoms with Crippen molar-refractivity contribution in [2.45, 2.75) is 45.6 Å². The molecule has 2 nitrogen and oxygen atoms in total. The van der Waals surface area contributed by atoms with Crippen LogP contribution in [-0.4, -0.2) is 11.5 Å². The van der Waals surface area contributed by atoms with Crippen molar-refractivity contribution in [1.82, 2.24) is 0 Å². The number of aliphatic hydroxyl groups excluding tert-OH is 1. The summed E-state index contributed by atoms with van der Waals surface area (Å²) in [6.07, 6.45) is -2.66. The molecular weight excluding hydrogens is 257 g/mol. The van der Waals surface area contributed by atoms with Crippen molar-refractivity contribution in [3.8, 4) is 5.75 Å². The zero-order chi connectivity index (χ0) is 14.5. The minimum atomic E-state index is -4.68. The Bertz CT molecular complexity index is 373. The Morgan fingerprint density at radius 3 is 2.26 bits per heavy atom. The highest BCUT2D eigenvalue weighted by Gasteiger charge is 2.31. The molecule has 0 amide bonds. The van der Waals surface area contributed by atoms with E-state index in [1.165, 1.54) is 24.3 Å². The second kappa shape index (κ2) is 6.80. The first kappa shape index (κ1) is 15.8. The molecule has 0 spiro atoms. The number of aliphatic hydroxyl groups is 1. The summed E-state index contributed by atoms with van der Waals surface area (Å²) in [5.74, 6) is 0.108. The molecule has 0 saturated heterocycles. The van der Waals surface area contributed by atoms with E-state index in [2.05, 4.69) is 11.7 Å². The lowest BCUT2D eigenvalue weighted by molar-refractivity contribution is -0.274. The number of hydrogen-bond donors (Lipinski definition) is 1. The average Bonchev–Trinajstić information content (AvgIpc) is 2.27. The van der Waals surface area contributed by atoms with Crippen LogP contribution >= 0.6 is 0 Å². The second-order valence-electron chi connectivity index (χ2n) is 4.76. The summed E-state index contributed by atoms with van der Waals surface area (Å²) in [6, 6.07) is 5.36. The Morgan fingerprint density at radius 1 is 1.21 bits per heavy atom. The van der Waals surface area contributed by atoms with Gasteiger partial charge in [-0.1, -0.05) is 38.8 Å². The summed E-state index contributed by atoms with van der Waals surface area (Å²) >= 11 is 0. The molecule has 108 valence electrons. The van der Waals surface area contributed by atoms with Gasteiger partial charge < -0.3 is 9.84 Å². The number of benzene rings is 1. The third-order valence-corrected chi connectivity index (χ3v) is 2.91. The minimum absolute atomic E-state index is 0.273. The van der Waals surface area contributed by atoms with Gasteiger partial charge in [0, 0.05) is 0 Å². The van der Waals surface area contributed by atoms with Crippen molar-refractivity contribution in [2.75, 3.05) is 0 Å². The van der Waals surface area contributed by atoms with Crippen molar-refractivity contribution in [2.24, 2.45) is 5.92 Å².